The Bertz CT molecular complexity index is 376. The molecule has 94 valence electrons. The molecule has 1 rings (SSSR count). The van der Waals surface area contributed by atoms with E-state index in [0.29, 0.717) is 34.6 Å². The van der Waals surface area contributed by atoms with Crippen LogP contribution in [0.4, 0.5) is 5.69 Å². The average molecular weight is 275 g/mol. The lowest BCUT2D eigenvalue weighted by molar-refractivity contribution is -0.116. The Morgan fingerprint density at radius 2 is 1.94 bits per heavy atom. The lowest BCUT2D eigenvalue weighted by atomic mass is 10.1. The number of hydrogen-bond acceptors (Lipinski definition) is 2. The molecule has 0 saturated heterocycles. The second-order valence-electron chi connectivity index (χ2n) is 4.09. The van der Waals surface area contributed by atoms with Crippen molar-refractivity contribution >= 4 is 34.8 Å². The molecule has 3 nitrogen and oxygen atoms in total. The quantitative estimate of drug-likeness (QED) is 0.866. The van der Waals surface area contributed by atoms with Gasteiger partial charge in [-0.1, -0.05) is 30.1 Å². The Balaban J connectivity index is 2.50. The Morgan fingerprint density at radius 1 is 1.35 bits per heavy atom. The second-order valence-corrected chi connectivity index (χ2v) is 4.96. The van der Waals surface area contributed by atoms with Gasteiger partial charge in [-0.15, -0.1) is 0 Å². The molecule has 0 fully saturated rings. The van der Waals surface area contributed by atoms with E-state index in [1.165, 1.54) is 0 Å². The minimum atomic E-state index is -0.0522. The van der Waals surface area contributed by atoms with Gasteiger partial charge in [0, 0.05) is 22.2 Å². The highest BCUT2D eigenvalue weighted by molar-refractivity contribution is 6.35. The van der Waals surface area contributed by atoms with Gasteiger partial charge < -0.3 is 11.1 Å². The molecule has 5 heteroatoms. The van der Waals surface area contributed by atoms with Crippen molar-refractivity contribution in [3.63, 3.8) is 0 Å². The fraction of sp³-hybridized carbons (Fsp3) is 0.417. The third kappa shape index (κ3) is 5.39. The number of anilines is 1. The summed E-state index contributed by atoms with van der Waals surface area (Å²) in [7, 11) is 0. The number of benzene rings is 1. The summed E-state index contributed by atoms with van der Waals surface area (Å²) in [4.78, 5) is 11.6. The highest BCUT2D eigenvalue weighted by Crippen LogP contribution is 2.22. The molecule has 0 saturated carbocycles. The summed E-state index contributed by atoms with van der Waals surface area (Å²) < 4.78 is 0. The Hall–Kier alpha value is -0.770. The highest BCUT2D eigenvalue weighted by atomic mass is 35.5. The van der Waals surface area contributed by atoms with E-state index >= 15 is 0 Å². The van der Waals surface area contributed by atoms with Gasteiger partial charge >= 0.3 is 0 Å². The SMILES string of the molecule is CC(CN)CCC(=O)Nc1cc(Cl)cc(Cl)c1. The number of nitrogens with two attached hydrogens (primary N) is 1. The summed E-state index contributed by atoms with van der Waals surface area (Å²) >= 11 is 11.7. The molecule has 0 spiro atoms. The first-order chi connectivity index (χ1) is 8.01. The van der Waals surface area contributed by atoms with Gasteiger partial charge in [0.05, 0.1) is 0 Å². The minimum absolute atomic E-state index is 0.0522. The van der Waals surface area contributed by atoms with E-state index in [-0.39, 0.29) is 5.91 Å². The summed E-state index contributed by atoms with van der Waals surface area (Å²) in [5.74, 6) is 0.298. The van der Waals surface area contributed by atoms with Crippen LogP contribution in [0.3, 0.4) is 0 Å². The number of hydrogen-bond donors (Lipinski definition) is 2. The van der Waals surface area contributed by atoms with Gasteiger partial charge in [0.2, 0.25) is 5.91 Å². The van der Waals surface area contributed by atoms with Crippen molar-refractivity contribution in [2.75, 3.05) is 11.9 Å². The van der Waals surface area contributed by atoms with E-state index in [9.17, 15) is 4.79 Å². The van der Waals surface area contributed by atoms with Crippen LogP contribution in [0.25, 0.3) is 0 Å². The maximum absolute atomic E-state index is 11.6. The first-order valence-electron chi connectivity index (χ1n) is 5.47. The number of amides is 1. The van der Waals surface area contributed by atoms with Crippen molar-refractivity contribution < 1.29 is 4.79 Å². The number of carbonyl (C=O) groups excluding carboxylic acids is 1. The molecule has 1 amide bonds. The Kier molecular flexibility index (Phi) is 5.75. The number of nitrogens with one attached hydrogen (secondary N) is 1. The van der Waals surface area contributed by atoms with E-state index in [1.807, 2.05) is 6.92 Å². The van der Waals surface area contributed by atoms with Crippen LogP contribution in [-0.2, 0) is 4.79 Å². The summed E-state index contributed by atoms with van der Waals surface area (Å²) in [5, 5.41) is 3.76. The molecule has 0 aromatic heterocycles. The molecule has 1 atom stereocenters. The van der Waals surface area contributed by atoms with E-state index < -0.39 is 0 Å². The first-order valence-corrected chi connectivity index (χ1v) is 6.23. The van der Waals surface area contributed by atoms with Crippen molar-refractivity contribution in [2.24, 2.45) is 11.7 Å². The van der Waals surface area contributed by atoms with Gasteiger partial charge in [0.25, 0.3) is 0 Å². The van der Waals surface area contributed by atoms with Crippen LogP contribution in [0.5, 0.6) is 0 Å². The lowest BCUT2D eigenvalue weighted by Gasteiger charge is -2.09. The molecular weight excluding hydrogens is 259 g/mol. The van der Waals surface area contributed by atoms with E-state index in [2.05, 4.69) is 5.32 Å². The minimum Gasteiger partial charge on any atom is -0.330 e. The fourth-order valence-corrected chi connectivity index (χ4v) is 1.87. The maximum atomic E-state index is 11.6. The van der Waals surface area contributed by atoms with Crippen molar-refractivity contribution in [1.82, 2.24) is 0 Å². The largest absolute Gasteiger partial charge is 0.330 e. The maximum Gasteiger partial charge on any atom is 0.224 e. The van der Waals surface area contributed by atoms with Crippen molar-refractivity contribution in [3.05, 3.63) is 28.2 Å². The fourth-order valence-electron chi connectivity index (χ4n) is 1.34. The predicted molar refractivity (Wildman–Crippen MR) is 72.5 cm³/mol. The van der Waals surface area contributed by atoms with Crippen LogP contribution >= 0.6 is 23.2 Å². The number of carbonyl (C=O) groups is 1. The molecule has 0 aliphatic carbocycles. The molecule has 0 bridgehead atoms. The third-order valence-electron chi connectivity index (χ3n) is 2.41. The monoisotopic (exact) mass is 274 g/mol. The molecule has 0 radical (unpaired) electrons. The van der Waals surface area contributed by atoms with E-state index in [0.717, 1.165) is 6.42 Å². The molecule has 1 aromatic rings. The smallest absolute Gasteiger partial charge is 0.224 e. The number of rotatable bonds is 5. The first kappa shape index (κ1) is 14.3. The van der Waals surface area contributed by atoms with Crippen molar-refractivity contribution in [3.8, 4) is 0 Å². The molecular formula is C12H16Cl2N2O. The zero-order chi connectivity index (χ0) is 12.8. The van der Waals surface area contributed by atoms with Crippen LogP contribution in [-0.4, -0.2) is 12.5 Å². The molecule has 0 aliphatic heterocycles. The second kappa shape index (κ2) is 6.84. The molecule has 1 aromatic carbocycles. The lowest BCUT2D eigenvalue weighted by Crippen LogP contribution is -2.16. The van der Waals surface area contributed by atoms with E-state index in [4.69, 9.17) is 28.9 Å². The van der Waals surface area contributed by atoms with E-state index in [1.54, 1.807) is 18.2 Å². The summed E-state index contributed by atoms with van der Waals surface area (Å²) in [6.45, 7) is 2.61. The normalized spacial score (nSPS) is 12.2. The molecule has 0 heterocycles. The number of halogens is 2. The third-order valence-corrected chi connectivity index (χ3v) is 2.85. The van der Waals surface area contributed by atoms with Crippen LogP contribution in [0, 0.1) is 5.92 Å². The van der Waals surface area contributed by atoms with Gasteiger partial charge in [-0.25, -0.2) is 0 Å². The van der Waals surface area contributed by atoms with Gasteiger partial charge in [-0.2, -0.15) is 0 Å². The predicted octanol–water partition coefficient (Wildman–Crippen LogP) is 3.31. The van der Waals surface area contributed by atoms with Crippen LogP contribution < -0.4 is 11.1 Å². The average Bonchev–Trinajstić information content (AvgIpc) is 2.24. The molecule has 3 N–H and O–H groups in total. The standard InChI is InChI=1S/C12H16Cl2N2O/c1-8(7-15)2-3-12(17)16-11-5-9(13)4-10(14)6-11/h4-6,8H,2-3,7,15H2,1H3,(H,16,17). The highest BCUT2D eigenvalue weighted by Gasteiger charge is 2.06. The molecule has 17 heavy (non-hydrogen) atoms. The van der Waals surface area contributed by atoms with Crippen LogP contribution in [0.1, 0.15) is 19.8 Å². The van der Waals surface area contributed by atoms with Crippen LogP contribution in [0.15, 0.2) is 18.2 Å². The molecule has 0 aliphatic rings. The summed E-state index contributed by atoms with van der Waals surface area (Å²) in [5.41, 5.74) is 6.10. The van der Waals surface area contributed by atoms with Crippen LogP contribution in [0.2, 0.25) is 10.0 Å². The molecule has 1 unspecified atom stereocenters. The van der Waals surface area contributed by atoms with Gasteiger partial charge in [-0.3, -0.25) is 4.79 Å². The summed E-state index contributed by atoms with van der Waals surface area (Å²) in [6.07, 6.45) is 1.22. The summed E-state index contributed by atoms with van der Waals surface area (Å²) in [6, 6.07) is 4.95. The Labute approximate surface area is 111 Å². The zero-order valence-electron chi connectivity index (χ0n) is 9.67. The van der Waals surface area contributed by atoms with Crippen molar-refractivity contribution in [1.29, 1.82) is 0 Å². The zero-order valence-corrected chi connectivity index (χ0v) is 11.2. The van der Waals surface area contributed by atoms with Gasteiger partial charge in [0.15, 0.2) is 0 Å². The Morgan fingerprint density at radius 3 is 2.47 bits per heavy atom. The van der Waals surface area contributed by atoms with Gasteiger partial charge in [-0.05, 0) is 37.1 Å². The van der Waals surface area contributed by atoms with Gasteiger partial charge in [0.1, 0.15) is 0 Å². The van der Waals surface area contributed by atoms with Crippen molar-refractivity contribution in [2.45, 2.75) is 19.8 Å². The topological polar surface area (TPSA) is 55.1 Å².